The van der Waals surface area contributed by atoms with Crippen LogP contribution in [-0.2, 0) is 10.2 Å². The Hall–Kier alpha value is -1.39. The highest BCUT2D eigenvalue weighted by atomic mass is 16.3. The molecule has 4 heteroatoms. The molecular formula is C10H14N2O2. The highest BCUT2D eigenvalue weighted by molar-refractivity contribution is 5.87. The van der Waals surface area contributed by atoms with Crippen LogP contribution in [0.1, 0.15) is 5.56 Å². The molecule has 1 rings (SSSR count). The molecule has 0 aliphatic carbocycles. The van der Waals surface area contributed by atoms with Gasteiger partial charge in [-0.15, -0.1) is 0 Å². The van der Waals surface area contributed by atoms with Gasteiger partial charge in [0.25, 0.3) is 0 Å². The first-order chi connectivity index (χ1) is 6.67. The minimum Gasteiger partial charge on any atom is -0.395 e. The van der Waals surface area contributed by atoms with E-state index in [2.05, 4.69) is 0 Å². The summed E-state index contributed by atoms with van der Waals surface area (Å²) in [7, 11) is 0. The van der Waals surface area contributed by atoms with E-state index in [1.807, 2.05) is 6.07 Å². The molecule has 76 valence electrons. The van der Waals surface area contributed by atoms with Crippen LogP contribution in [0, 0.1) is 0 Å². The molecule has 0 aliphatic rings. The maximum atomic E-state index is 11.3. The van der Waals surface area contributed by atoms with Crippen LogP contribution in [0.25, 0.3) is 0 Å². The molecule has 0 heterocycles. The summed E-state index contributed by atoms with van der Waals surface area (Å²) in [6.45, 7) is -0.369. The van der Waals surface area contributed by atoms with Crippen LogP contribution in [0.4, 0.5) is 0 Å². The molecule has 0 radical (unpaired) electrons. The minimum absolute atomic E-state index is 0.00282. The van der Waals surface area contributed by atoms with E-state index in [9.17, 15) is 9.90 Å². The van der Waals surface area contributed by atoms with E-state index in [0.29, 0.717) is 5.56 Å². The molecule has 0 fully saturated rings. The number of hydrogen-bond acceptors (Lipinski definition) is 3. The topological polar surface area (TPSA) is 89.3 Å². The number of primary amides is 1. The number of carbonyl (C=O) groups excluding carboxylic acids is 1. The average Bonchev–Trinajstić information content (AvgIpc) is 2.22. The van der Waals surface area contributed by atoms with E-state index in [-0.39, 0.29) is 13.2 Å². The van der Waals surface area contributed by atoms with E-state index in [1.54, 1.807) is 24.3 Å². The zero-order valence-electron chi connectivity index (χ0n) is 7.81. The first kappa shape index (κ1) is 10.7. The molecular weight excluding hydrogens is 180 g/mol. The molecule has 5 N–H and O–H groups in total. The van der Waals surface area contributed by atoms with E-state index in [1.165, 1.54) is 0 Å². The van der Waals surface area contributed by atoms with Gasteiger partial charge in [-0.25, -0.2) is 0 Å². The zero-order chi connectivity index (χ0) is 10.6. The fourth-order valence-corrected chi connectivity index (χ4v) is 1.35. The SMILES string of the molecule is NCC(CO)(C(N)=O)c1ccccc1. The van der Waals surface area contributed by atoms with Crippen LogP contribution in [0.3, 0.4) is 0 Å². The van der Waals surface area contributed by atoms with Gasteiger partial charge in [-0.2, -0.15) is 0 Å². The Morgan fingerprint density at radius 2 is 1.93 bits per heavy atom. The Balaban J connectivity index is 3.18. The van der Waals surface area contributed by atoms with Gasteiger partial charge in [-0.3, -0.25) is 4.79 Å². The van der Waals surface area contributed by atoms with Crippen molar-refractivity contribution in [1.82, 2.24) is 0 Å². The number of aliphatic hydroxyl groups is 1. The highest BCUT2D eigenvalue weighted by Gasteiger charge is 2.36. The number of hydrogen-bond donors (Lipinski definition) is 3. The molecule has 1 amide bonds. The first-order valence-corrected chi connectivity index (χ1v) is 4.34. The third-order valence-electron chi connectivity index (χ3n) is 2.42. The lowest BCUT2D eigenvalue weighted by atomic mass is 9.80. The summed E-state index contributed by atoms with van der Waals surface area (Å²) in [5.74, 6) is -0.603. The summed E-state index contributed by atoms with van der Waals surface area (Å²) < 4.78 is 0. The van der Waals surface area contributed by atoms with Gasteiger partial charge in [0.1, 0.15) is 5.41 Å². The van der Waals surface area contributed by atoms with Gasteiger partial charge in [0.2, 0.25) is 5.91 Å². The Bertz CT molecular complexity index is 307. The fraction of sp³-hybridized carbons (Fsp3) is 0.300. The lowest BCUT2D eigenvalue weighted by Gasteiger charge is -2.27. The summed E-state index contributed by atoms with van der Waals surface area (Å²) in [5.41, 5.74) is 10.2. The van der Waals surface area contributed by atoms with Crippen molar-refractivity contribution in [3.05, 3.63) is 35.9 Å². The molecule has 14 heavy (non-hydrogen) atoms. The summed E-state index contributed by atoms with van der Waals surface area (Å²) >= 11 is 0. The molecule has 0 aromatic heterocycles. The third kappa shape index (κ3) is 1.62. The average molecular weight is 194 g/mol. The van der Waals surface area contributed by atoms with E-state index < -0.39 is 11.3 Å². The Morgan fingerprint density at radius 1 is 1.36 bits per heavy atom. The zero-order valence-corrected chi connectivity index (χ0v) is 7.81. The van der Waals surface area contributed by atoms with Gasteiger partial charge >= 0.3 is 0 Å². The van der Waals surface area contributed by atoms with Crippen LogP contribution >= 0.6 is 0 Å². The van der Waals surface area contributed by atoms with Crippen molar-refractivity contribution >= 4 is 5.91 Å². The van der Waals surface area contributed by atoms with Gasteiger partial charge in [0.05, 0.1) is 6.61 Å². The van der Waals surface area contributed by atoms with Crippen molar-refractivity contribution in [2.75, 3.05) is 13.2 Å². The molecule has 4 nitrogen and oxygen atoms in total. The minimum atomic E-state index is -1.15. The summed E-state index contributed by atoms with van der Waals surface area (Å²) in [6.07, 6.45) is 0. The number of benzene rings is 1. The Morgan fingerprint density at radius 3 is 2.29 bits per heavy atom. The van der Waals surface area contributed by atoms with Crippen molar-refractivity contribution in [2.24, 2.45) is 11.5 Å². The molecule has 1 unspecified atom stereocenters. The predicted octanol–water partition coefficient (Wildman–Crippen LogP) is -0.639. The van der Waals surface area contributed by atoms with Crippen LogP contribution < -0.4 is 11.5 Å². The molecule has 0 bridgehead atoms. The standard InChI is InChI=1S/C10H14N2O2/c11-6-10(7-13,9(12)14)8-4-2-1-3-5-8/h1-5,13H,6-7,11H2,(H2,12,14). The maximum Gasteiger partial charge on any atom is 0.231 e. The number of carbonyl (C=O) groups is 1. The number of amides is 1. The number of aliphatic hydroxyl groups excluding tert-OH is 1. The molecule has 0 aliphatic heterocycles. The monoisotopic (exact) mass is 194 g/mol. The van der Waals surface area contributed by atoms with Gasteiger partial charge in [-0.1, -0.05) is 30.3 Å². The van der Waals surface area contributed by atoms with Gasteiger partial charge < -0.3 is 16.6 Å². The van der Waals surface area contributed by atoms with Crippen molar-refractivity contribution < 1.29 is 9.90 Å². The van der Waals surface area contributed by atoms with Crippen molar-refractivity contribution in [1.29, 1.82) is 0 Å². The van der Waals surface area contributed by atoms with E-state index in [0.717, 1.165) is 0 Å². The van der Waals surface area contributed by atoms with Crippen molar-refractivity contribution in [3.8, 4) is 0 Å². The van der Waals surface area contributed by atoms with Crippen LogP contribution in [0.5, 0.6) is 0 Å². The first-order valence-electron chi connectivity index (χ1n) is 4.34. The Kier molecular flexibility index (Phi) is 3.22. The summed E-state index contributed by atoms with van der Waals surface area (Å²) in [4.78, 5) is 11.3. The van der Waals surface area contributed by atoms with E-state index >= 15 is 0 Å². The van der Waals surface area contributed by atoms with Gasteiger partial charge in [-0.05, 0) is 5.56 Å². The summed E-state index contributed by atoms with van der Waals surface area (Å²) in [5, 5.41) is 9.22. The molecule has 0 saturated heterocycles. The van der Waals surface area contributed by atoms with Crippen molar-refractivity contribution in [3.63, 3.8) is 0 Å². The molecule has 1 aromatic rings. The number of nitrogens with two attached hydrogens (primary N) is 2. The second-order valence-corrected chi connectivity index (χ2v) is 3.17. The highest BCUT2D eigenvalue weighted by Crippen LogP contribution is 2.21. The van der Waals surface area contributed by atoms with Crippen LogP contribution in [0.2, 0.25) is 0 Å². The van der Waals surface area contributed by atoms with Crippen molar-refractivity contribution in [2.45, 2.75) is 5.41 Å². The quantitative estimate of drug-likeness (QED) is 0.595. The normalized spacial score (nSPS) is 14.7. The second kappa shape index (κ2) is 4.21. The fourth-order valence-electron chi connectivity index (χ4n) is 1.35. The predicted molar refractivity (Wildman–Crippen MR) is 53.5 cm³/mol. The Labute approximate surface area is 82.5 Å². The molecule has 0 spiro atoms. The smallest absolute Gasteiger partial charge is 0.231 e. The second-order valence-electron chi connectivity index (χ2n) is 3.17. The lowest BCUT2D eigenvalue weighted by molar-refractivity contribution is -0.124. The van der Waals surface area contributed by atoms with Crippen LogP contribution in [0.15, 0.2) is 30.3 Å². The third-order valence-corrected chi connectivity index (χ3v) is 2.42. The lowest BCUT2D eigenvalue weighted by Crippen LogP contribution is -2.50. The van der Waals surface area contributed by atoms with E-state index in [4.69, 9.17) is 11.5 Å². The summed E-state index contributed by atoms with van der Waals surface area (Å²) in [6, 6.07) is 8.83. The maximum absolute atomic E-state index is 11.3. The molecule has 1 atom stereocenters. The largest absolute Gasteiger partial charge is 0.395 e. The van der Waals surface area contributed by atoms with Crippen LogP contribution in [-0.4, -0.2) is 24.2 Å². The van der Waals surface area contributed by atoms with Gasteiger partial charge in [0, 0.05) is 6.54 Å². The number of rotatable bonds is 4. The van der Waals surface area contributed by atoms with Gasteiger partial charge in [0.15, 0.2) is 0 Å². The molecule has 1 aromatic carbocycles. The molecule has 0 saturated carbocycles.